The van der Waals surface area contributed by atoms with Crippen LogP contribution in [0.3, 0.4) is 0 Å². The number of aliphatic carboxylic acids is 1. The summed E-state index contributed by atoms with van der Waals surface area (Å²) in [5, 5.41) is 20.9. The van der Waals surface area contributed by atoms with E-state index in [0.717, 1.165) is 6.42 Å². The lowest BCUT2D eigenvalue weighted by molar-refractivity contribution is -0.143. The summed E-state index contributed by atoms with van der Waals surface area (Å²) in [5.41, 5.74) is -0.984. The minimum absolute atomic E-state index is 0.0328. The van der Waals surface area contributed by atoms with Crippen molar-refractivity contribution in [3.63, 3.8) is 0 Å². The average molecular weight is 203 g/mol. The van der Waals surface area contributed by atoms with Crippen molar-refractivity contribution in [2.45, 2.75) is 45.7 Å². The summed E-state index contributed by atoms with van der Waals surface area (Å²) in [6.45, 7) is 7.24. The van der Waals surface area contributed by atoms with Gasteiger partial charge >= 0.3 is 5.97 Å². The van der Waals surface area contributed by atoms with Gasteiger partial charge in [0.25, 0.3) is 0 Å². The molecular formula is C10H21NO3. The Bertz CT molecular complexity index is 190. The highest BCUT2D eigenvalue weighted by Gasteiger charge is 2.29. The van der Waals surface area contributed by atoms with E-state index in [-0.39, 0.29) is 12.6 Å². The Hall–Kier alpha value is -0.610. The van der Waals surface area contributed by atoms with Gasteiger partial charge in [0.05, 0.1) is 6.61 Å². The third kappa shape index (κ3) is 4.58. The van der Waals surface area contributed by atoms with Gasteiger partial charge in [-0.2, -0.15) is 0 Å². The predicted octanol–water partition coefficient (Wildman–Crippen LogP) is 0.846. The molecule has 0 aromatic rings. The zero-order valence-electron chi connectivity index (χ0n) is 9.37. The molecule has 84 valence electrons. The number of carboxylic acids is 1. The maximum absolute atomic E-state index is 10.8. The quantitative estimate of drug-likeness (QED) is 0.598. The van der Waals surface area contributed by atoms with Crippen molar-refractivity contribution in [1.29, 1.82) is 0 Å². The number of nitrogens with one attached hydrogen (secondary N) is 1. The summed E-state index contributed by atoms with van der Waals surface area (Å²) < 4.78 is 0. The number of carbonyl (C=O) groups is 1. The van der Waals surface area contributed by atoms with E-state index in [0.29, 0.717) is 5.92 Å². The Kier molecular flexibility index (Phi) is 5.08. The predicted molar refractivity (Wildman–Crippen MR) is 55.2 cm³/mol. The van der Waals surface area contributed by atoms with Crippen molar-refractivity contribution in [3.8, 4) is 0 Å². The van der Waals surface area contributed by atoms with Gasteiger partial charge < -0.3 is 10.2 Å². The van der Waals surface area contributed by atoms with Gasteiger partial charge in [-0.15, -0.1) is 0 Å². The van der Waals surface area contributed by atoms with Crippen LogP contribution in [0.4, 0.5) is 0 Å². The molecule has 1 unspecified atom stereocenters. The lowest BCUT2D eigenvalue weighted by Crippen LogP contribution is -2.53. The fourth-order valence-corrected chi connectivity index (χ4v) is 1.32. The first-order chi connectivity index (χ1) is 6.29. The Morgan fingerprint density at radius 2 is 1.93 bits per heavy atom. The van der Waals surface area contributed by atoms with E-state index in [4.69, 9.17) is 10.2 Å². The van der Waals surface area contributed by atoms with E-state index < -0.39 is 11.5 Å². The van der Waals surface area contributed by atoms with Crippen molar-refractivity contribution in [1.82, 2.24) is 5.32 Å². The van der Waals surface area contributed by atoms with Crippen molar-refractivity contribution in [2.75, 3.05) is 6.61 Å². The van der Waals surface area contributed by atoms with Crippen LogP contribution in [0.2, 0.25) is 0 Å². The van der Waals surface area contributed by atoms with Crippen LogP contribution in [-0.4, -0.2) is 34.4 Å². The third-order valence-corrected chi connectivity index (χ3v) is 2.08. The van der Waals surface area contributed by atoms with Crippen LogP contribution in [0.15, 0.2) is 0 Å². The van der Waals surface area contributed by atoms with Crippen LogP contribution in [0.5, 0.6) is 0 Å². The van der Waals surface area contributed by atoms with Gasteiger partial charge in [0.1, 0.15) is 5.54 Å². The van der Waals surface area contributed by atoms with Crippen molar-refractivity contribution in [3.05, 3.63) is 0 Å². The molecule has 4 nitrogen and oxygen atoms in total. The summed E-state index contributed by atoms with van der Waals surface area (Å²) in [6.07, 6.45) is 0.771. The van der Waals surface area contributed by atoms with Crippen LogP contribution >= 0.6 is 0 Å². The van der Waals surface area contributed by atoms with E-state index in [1.807, 2.05) is 13.8 Å². The second-order valence-corrected chi connectivity index (χ2v) is 4.58. The van der Waals surface area contributed by atoms with E-state index in [2.05, 4.69) is 5.32 Å². The molecule has 0 radical (unpaired) electrons. The summed E-state index contributed by atoms with van der Waals surface area (Å²) in [6, 6.07) is -0.152. The first-order valence-corrected chi connectivity index (χ1v) is 4.91. The fourth-order valence-electron chi connectivity index (χ4n) is 1.32. The largest absolute Gasteiger partial charge is 0.480 e. The van der Waals surface area contributed by atoms with E-state index >= 15 is 0 Å². The highest BCUT2D eigenvalue weighted by molar-refractivity contribution is 5.77. The number of hydrogen-bond acceptors (Lipinski definition) is 3. The standard InChI is InChI=1S/C10H21NO3/c1-7(2)5-8(6-12)11-10(3,4)9(13)14/h7-8,11-12H,5-6H2,1-4H3,(H,13,14). The maximum atomic E-state index is 10.8. The second kappa shape index (κ2) is 5.32. The Labute approximate surface area is 85.3 Å². The molecule has 0 bridgehead atoms. The van der Waals surface area contributed by atoms with Gasteiger partial charge in [0.2, 0.25) is 0 Å². The molecule has 0 heterocycles. The van der Waals surface area contributed by atoms with Gasteiger partial charge in [-0.3, -0.25) is 10.1 Å². The maximum Gasteiger partial charge on any atom is 0.323 e. The monoisotopic (exact) mass is 203 g/mol. The molecule has 14 heavy (non-hydrogen) atoms. The second-order valence-electron chi connectivity index (χ2n) is 4.58. The van der Waals surface area contributed by atoms with Crippen LogP contribution in [0.1, 0.15) is 34.1 Å². The molecule has 0 aliphatic carbocycles. The van der Waals surface area contributed by atoms with Gasteiger partial charge in [-0.05, 0) is 26.2 Å². The van der Waals surface area contributed by atoms with Crippen LogP contribution in [0.25, 0.3) is 0 Å². The molecule has 0 rings (SSSR count). The summed E-state index contributed by atoms with van der Waals surface area (Å²) in [7, 11) is 0. The number of rotatable bonds is 6. The lowest BCUT2D eigenvalue weighted by atomic mass is 9.99. The first-order valence-electron chi connectivity index (χ1n) is 4.91. The number of aliphatic hydroxyl groups excluding tert-OH is 1. The lowest BCUT2D eigenvalue weighted by Gasteiger charge is -2.28. The molecule has 3 N–H and O–H groups in total. The summed E-state index contributed by atoms with van der Waals surface area (Å²) in [4.78, 5) is 10.8. The van der Waals surface area contributed by atoms with E-state index in [9.17, 15) is 4.79 Å². The normalized spacial score (nSPS) is 14.4. The van der Waals surface area contributed by atoms with Crippen molar-refractivity contribution < 1.29 is 15.0 Å². The molecule has 4 heteroatoms. The molecule has 0 aliphatic heterocycles. The zero-order valence-corrected chi connectivity index (χ0v) is 9.37. The van der Waals surface area contributed by atoms with Crippen LogP contribution < -0.4 is 5.32 Å². The molecule has 0 saturated carbocycles. The highest BCUT2D eigenvalue weighted by atomic mass is 16.4. The van der Waals surface area contributed by atoms with Gasteiger partial charge in [0.15, 0.2) is 0 Å². The zero-order chi connectivity index (χ0) is 11.4. The Morgan fingerprint density at radius 3 is 2.21 bits per heavy atom. The highest BCUT2D eigenvalue weighted by Crippen LogP contribution is 2.10. The van der Waals surface area contributed by atoms with Crippen LogP contribution in [0, 0.1) is 5.92 Å². The van der Waals surface area contributed by atoms with E-state index in [1.54, 1.807) is 13.8 Å². The topological polar surface area (TPSA) is 69.6 Å². The third-order valence-electron chi connectivity index (χ3n) is 2.08. The molecule has 1 atom stereocenters. The summed E-state index contributed by atoms with van der Waals surface area (Å²) >= 11 is 0. The van der Waals surface area contributed by atoms with E-state index in [1.165, 1.54) is 0 Å². The molecule has 0 amide bonds. The molecule has 0 spiro atoms. The minimum atomic E-state index is -0.984. The van der Waals surface area contributed by atoms with Crippen molar-refractivity contribution >= 4 is 5.97 Å². The molecular weight excluding hydrogens is 182 g/mol. The SMILES string of the molecule is CC(C)CC(CO)NC(C)(C)C(=O)O. The van der Waals surface area contributed by atoms with Gasteiger partial charge in [-0.25, -0.2) is 0 Å². The molecule has 0 aliphatic rings. The molecule has 0 fully saturated rings. The smallest absolute Gasteiger partial charge is 0.323 e. The van der Waals surface area contributed by atoms with Crippen molar-refractivity contribution in [2.24, 2.45) is 5.92 Å². The Balaban J connectivity index is 4.23. The number of aliphatic hydroxyl groups is 1. The van der Waals surface area contributed by atoms with Crippen LogP contribution in [-0.2, 0) is 4.79 Å². The van der Waals surface area contributed by atoms with Gasteiger partial charge in [-0.1, -0.05) is 13.8 Å². The molecule has 0 aromatic carbocycles. The fraction of sp³-hybridized carbons (Fsp3) is 0.900. The average Bonchev–Trinajstić information content (AvgIpc) is 2.01. The first kappa shape index (κ1) is 13.4. The molecule has 0 aromatic heterocycles. The number of hydrogen-bond donors (Lipinski definition) is 3. The molecule has 0 saturated heterocycles. The minimum Gasteiger partial charge on any atom is -0.480 e. The summed E-state index contributed by atoms with van der Waals surface area (Å²) in [5.74, 6) is -0.469. The number of carboxylic acid groups (broad SMARTS) is 1. The van der Waals surface area contributed by atoms with Gasteiger partial charge in [0, 0.05) is 6.04 Å². The Morgan fingerprint density at radius 1 is 1.43 bits per heavy atom.